The van der Waals surface area contributed by atoms with Gasteiger partial charge in [-0.1, -0.05) is 40.2 Å². The zero-order valence-corrected chi connectivity index (χ0v) is 16.8. The Balaban J connectivity index is 1.62. The molecule has 0 spiro atoms. The van der Waals surface area contributed by atoms with Crippen LogP contribution in [0.1, 0.15) is 5.56 Å². The molecule has 0 N–H and O–H groups in total. The van der Waals surface area contributed by atoms with E-state index in [1.54, 1.807) is 47.4 Å². The highest BCUT2D eigenvalue weighted by Crippen LogP contribution is 2.18. The fourth-order valence-corrected chi connectivity index (χ4v) is 4.57. The Morgan fingerprint density at radius 1 is 1.04 bits per heavy atom. The number of halogens is 2. The second-order valence-electron chi connectivity index (χ2n) is 6.04. The first-order valence-corrected chi connectivity index (χ1v) is 10.6. The van der Waals surface area contributed by atoms with E-state index in [0.29, 0.717) is 10.0 Å². The third kappa shape index (κ3) is 4.63. The van der Waals surface area contributed by atoms with E-state index < -0.39 is 15.8 Å². The van der Waals surface area contributed by atoms with Crippen molar-refractivity contribution in [2.24, 2.45) is 0 Å². The minimum Gasteiger partial charge on any atom is -0.337 e. The van der Waals surface area contributed by atoms with E-state index in [1.165, 1.54) is 22.5 Å². The molecular weight excluding hydrogens is 435 g/mol. The van der Waals surface area contributed by atoms with Crippen LogP contribution in [0, 0.1) is 5.82 Å². The molecule has 142 valence electrons. The average molecular weight is 453 g/mol. The van der Waals surface area contributed by atoms with Gasteiger partial charge < -0.3 is 4.90 Å². The van der Waals surface area contributed by atoms with Crippen LogP contribution in [0.3, 0.4) is 0 Å². The third-order valence-electron chi connectivity index (χ3n) is 4.30. The van der Waals surface area contributed by atoms with E-state index in [2.05, 4.69) is 15.9 Å². The summed E-state index contributed by atoms with van der Waals surface area (Å²) in [6.45, 7) is 1.03. The van der Waals surface area contributed by atoms with E-state index >= 15 is 0 Å². The van der Waals surface area contributed by atoms with Crippen LogP contribution in [0.5, 0.6) is 0 Å². The van der Waals surface area contributed by atoms with Crippen LogP contribution in [0.2, 0.25) is 0 Å². The third-order valence-corrected chi connectivity index (χ3v) is 6.71. The van der Waals surface area contributed by atoms with Crippen LogP contribution in [0.15, 0.2) is 64.0 Å². The molecule has 0 radical (unpaired) electrons. The topological polar surface area (TPSA) is 57.7 Å². The lowest BCUT2D eigenvalue weighted by molar-refractivity contribution is -0.127. The Hall–Kier alpha value is -2.03. The van der Waals surface area contributed by atoms with Gasteiger partial charge in [0.25, 0.3) is 0 Å². The minimum atomic E-state index is -3.55. The van der Waals surface area contributed by atoms with Gasteiger partial charge in [-0.3, -0.25) is 4.79 Å². The van der Waals surface area contributed by atoms with Gasteiger partial charge in [0.05, 0.1) is 4.90 Å². The van der Waals surface area contributed by atoms with Crippen molar-refractivity contribution in [2.75, 3.05) is 26.2 Å². The van der Waals surface area contributed by atoms with Crippen LogP contribution in [-0.4, -0.2) is 49.7 Å². The van der Waals surface area contributed by atoms with Crippen LogP contribution in [0.4, 0.5) is 4.39 Å². The summed E-state index contributed by atoms with van der Waals surface area (Å²) in [5.74, 6) is -0.693. The molecule has 1 amide bonds. The maximum atomic E-state index is 13.8. The lowest BCUT2D eigenvalue weighted by Gasteiger charge is -2.33. The highest BCUT2D eigenvalue weighted by molar-refractivity contribution is 9.10. The monoisotopic (exact) mass is 452 g/mol. The Labute approximate surface area is 166 Å². The molecule has 0 unspecified atom stereocenters. The zero-order chi connectivity index (χ0) is 19.4. The van der Waals surface area contributed by atoms with Gasteiger partial charge in [0.1, 0.15) is 5.82 Å². The number of rotatable bonds is 4. The molecule has 0 saturated carbocycles. The standard InChI is InChI=1S/C19H18BrFN2O3S/c20-16-8-6-15(18(21)14-16)7-9-19(24)22-10-12-23(13-11-22)27(25,26)17-4-2-1-3-5-17/h1-9,14H,10-13H2. The number of carbonyl (C=O) groups is 1. The molecule has 0 aromatic heterocycles. The molecule has 1 heterocycles. The average Bonchev–Trinajstić information content (AvgIpc) is 2.68. The lowest BCUT2D eigenvalue weighted by atomic mass is 10.2. The van der Waals surface area contributed by atoms with Gasteiger partial charge in [-0.15, -0.1) is 0 Å². The molecule has 5 nitrogen and oxygen atoms in total. The summed E-state index contributed by atoms with van der Waals surface area (Å²) in [5, 5.41) is 0. The molecule has 0 atom stereocenters. The number of sulfonamides is 1. The molecule has 1 fully saturated rings. The van der Waals surface area contributed by atoms with E-state index in [-0.39, 0.29) is 37.0 Å². The van der Waals surface area contributed by atoms with E-state index in [1.807, 2.05) is 0 Å². The Bertz CT molecular complexity index is 956. The SMILES string of the molecule is O=C(C=Cc1ccc(Br)cc1F)N1CCN(S(=O)(=O)c2ccccc2)CC1. The van der Waals surface area contributed by atoms with Crippen molar-refractivity contribution in [3.05, 3.63) is 70.5 Å². The zero-order valence-electron chi connectivity index (χ0n) is 14.4. The number of amides is 1. The smallest absolute Gasteiger partial charge is 0.246 e. The first-order chi connectivity index (χ1) is 12.9. The van der Waals surface area contributed by atoms with Gasteiger partial charge in [-0.05, 0) is 30.3 Å². The Kier molecular flexibility index (Phi) is 6.08. The number of hydrogen-bond acceptors (Lipinski definition) is 3. The predicted molar refractivity (Wildman–Crippen MR) is 105 cm³/mol. The molecule has 27 heavy (non-hydrogen) atoms. The molecule has 1 aliphatic rings. The fraction of sp³-hybridized carbons (Fsp3) is 0.211. The summed E-state index contributed by atoms with van der Waals surface area (Å²) in [6, 6.07) is 12.8. The maximum absolute atomic E-state index is 13.8. The quantitative estimate of drug-likeness (QED) is 0.669. The van der Waals surface area contributed by atoms with Crippen molar-refractivity contribution in [1.29, 1.82) is 0 Å². The van der Waals surface area contributed by atoms with Gasteiger partial charge in [0.15, 0.2) is 0 Å². The Morgan fingerprint density at radius 3 is 2.33 bits per heavy atom. The second kappa shape index (κ2) is 8.33. The lowest BCUT2D eigenvalue weighted by Crippen LogP contribution is -2.50. The summed E-state index contributed by atoms with van der Waals surface area (Å²) in [6.07, 6.45) is 2.74. The molecule has 2 aromatic rings. The van der Waals surface area contributed by atoms with Crippen molar-refractivity contribution in [3.63, 3.8) is 0 Å². The summed E-state index contributed by atoms with van der Waals surface area (Å²) < 4.78 is 41.0. The van der Waals surface area contributed by atoms with Crippen molar-refractivity contribution in [1.82, 2.24) is 9.21 Å². The number of piperazine rings is 1. The molecule has 1 aliphatic heterocycles. The van der Waals surface area contributed by atoms with Crippen LogP contribution < -0.4 is 0 Å². The maximum Gasteiger partial charge on any atom is 0.246 e. The molecule has 3 rings (SSSR count). The fourth-order valence-electron chi connectivity index (χ4n) is 2.79. The van der Waals surface area contributed by atoms with Crippen molar-refractivity contribution >= 4 is 37.9 Å². The summed E-state index contributed by atoms with van der Waals surface area (Å²) in [4.78, 5) is 14.1. The van der Waals surface area contributed by atoms with Crippen LogP contribution in [-0.2, 0) is 14.8 Å². The molecule has 1 saturated heterocycles. The van der Waals surface area contributed by atoms with Crippen LogP contribution in [0.25, 0.3) is 6.08 Å². The van der Waals surface area contributed by atoms with Gasteiger partial charge >= 0.3 is 0 Å². The normalized spacial score (nSPS) is 16.0. The molecule has 0 bridgehead atoms. The molecule has 0 aliphatic carbocycles. The summed E-state index contributed by atoms with van der Waals surface area (Å²) >= 11 is 3.18. The van der Waals surface area contributed by atoms with Gasteiger partial charge in [0, 0.05) is 42.3 Å². The number of carbonyl (C=O) groups excluding carboxylic acids is 1. The summed E-state index contributed by atoms with van der Waals surface area (Å²) in [7, 11) is -3.55. The van der Waals surface area contributed by atoms with E-state index in [9.17, 15) is 17.6 Å². The molecule has 8 heteroatoms. The van der Waals surface area contributed by atoms with E-state index in [4.69, 9.17) is 0 Å². The van der Waals surface area contributed by atoms with Crippen molar-refractivity contribution in [3.8, 4) is 0 Å². The van der Waals surface area contributed by atoms with Crippen molar-refractivity contribution in [2.45, 2.75) is 4.90 Å². The highest BCUT2D eigenvalue weighted by atomic mass is 79.9. The van der Waals surface area contributed by atoms with Crippen molar-refractivity contribution < 1.29 is 17.6 Å². The number of nitrogens with zero attached hydrogens (tertiary/aromatic N) is 2. The largest absolute Gasteiger partial charge is 0.337 e. The first kappa shape index (κ1) is 19.7. The second-order valence-corrected chi connectivity index (χ2v) is 8.90. The molecule has 2 aromatic carbocycles. The number of benzene rings is 2. The summed E-state index contributed by atoms with van der Waals surface area (Å²) in [5.41, 5.74) is 0.317. The number of hydrogen-bond donors (Lipinski definition) is 0. The predicted octanol–water partition coefficient (Wildman–Crippen LogP) is 3.13. The van der Waals surface area contributed by atoms with Gasteiger partial charge in [0.2, 0.25) is 15.9 Å². The van der Waals surface area contributed by atoms with Gasteiger partial charge in [-0.2, -0.15) is 4.31 Å². The molecular formula is C19H18BrFN2O3S. The van der Waals surface area contributed by atoms with Gasteiger partial charge in [-0.25, -0.2) is 12.8 Å². The van der Waals surface area contributed by atoms with Crippen LogP contribution >= 0.6 is 15.9 Å². The van der Waals surface area contributed by atoms with E-state index in [0.717, 1.165) is 0 Å². The Morgan fingerprint density at radius 2 is 1.70 bits per heavy atom. The minimum absolute atomic E-state index is 0.226. The highest BCUT2D eigenvalue weighted by Gasteiger charge is 2.29. The first-order valence-electron chi connectivity index (χ1n) is 8.35.